The molecule has 0 bridgehead atoms. The summed E-state index contributed by atoms with van der Waals surface area (Å²) in [5, 5.41) is 6.88. The molecular formula is C27H31N7O4S2. The van der Waals surface area contributed by atoms with E-state index in [1.54, 1.807) is 28.0 Å². The van der Waals surface area contributed by atoms with Crippen LogP contribution in [0.4, 0.5) is 16.8 Å². The summed E-state index contributed by atoms with van der Waals surface area (Å²) in [5.41, 5.74) is 2.38. The number of anilines is 3. The van der Waals surface area contributed by atoms with Crippen molar-refractivity contribution in [3.05, 3.63) is 47.2 Å². The first-order valence-electron chi connectivity index (χ1n) is 13.3. The Hall–Kier alpha value is -3.39. The number of aromatic nitrogens is 2. The van der Waals surface area contributed by atoms with Crippen LogP contribution in [-0.2, 0) is 21.4 Å². The van der Waals surface area contributed by atoms with Gasteiger partial charge in [0, 0.05) is 25.7 Å². The van der Waals surface area contributed by atoms with E-state index >= 15 is 0 Å². The number of piperazine rings is 1. The van der Waals surface area contributed by atoms with Crippen LogP contribution in [0, 0.1) is 12.8 Å². The molecule has 1 atom stereocenters. The lowest BCUT2D eigenvalue weighted by molar-refractivity contribution is -0.118. The van der Waals surface area contributed by atoms with E-state index in [2.05, 4.69) is 25.3 Å². The molecule has 0 radical (unpaired) electrons. The number of benzene rings is 1. The van der Waals surface area contributed by atoms with Crippen LogP contribution >= 0.6 is 11.3 Å². The largest absolute Gasteiger partial charge is 0.331 e. The minimum absolute atomic E-state index is 0.00429. The van der Waals surface area contributed by atoms with E-state index in [9.17, 15) is 18.0 Å². The molecule has 2 aromatic heterocycles. The molecule has 2 aliphatic heterocycles. The van der Waals surface area contributed by atoms with Gasteiger partial charge in [-0.15, -0.1) is 0 Å². The van der Waals surface area contributed by atoms with Gasteiger partial charge in [0.1, 0.15) is 11.6 Å². The second kappa shape index (κ2) is 10.2. The molecular weight excluding hydrogens is 550 g/mol. The zero-order valence-corrected chi connectivity index (χ0v) is 24.2. The van der Waals surface area contributed by atoms with Gasteiger partial charge in [0.15, 0.2) is 5.13 Å². The Morgan fingerprint density at radius 1 is 1.18 bits per heavy atom. The van der Waals surface area contributed by atoms with Crippen molar-refractivity contribution >= 4 is 49.9 Å². The molecule has 6 rings (SSSR count). The summed E-state index contributed by atoms with van der Waals surface area (Å²) in [6.07, 6.45) is 2.18. The number of hydrogen-bond acceptors (Lipinski definition) is 9. The molecule has 3 aliphatic rings. The van der Waals surface area contributed by atoms with Crippen molar-refractivity contribution in [3.8, 4) is 10.4 Å². The number of hydrogen-bond donors (Lipinski definition) is 3. The second-order valence-electron chi connectivity index (χ2n) is 10.4. The van der Waals surface area contributed by atoms with Gasteiger partial charge in [0.05, 0.1) is 27.6 Å². The molecule has 2 fully saturated rings. The number of rotatable bonds is 8. The molecule has 0 spiro atoms. The summed E-state index contributed by atoms with van der Waals surface area (Å²) in [6, 6.07) is 9.00. The van der Waals surface area contributed by atoms with Gasteiger partial charge in [-0.25, -0.2) is 23.1 Å². The van der Waals surface area contributed by atoms with Gasteiger partial charge in [-0.3, -0.25) is 14.5 Å². The van der Waals surface area contributed by atoms with Crippen LogP contribution < -0.4 is 20.3 Å². The highest BCUT2D eigenvalue weighted by Gasteiger charge is 2.41. The molecule has 210 valence electrons. The van der Waals surface area contributed by atoms with E-state index in [0.29, 0.717) is 53.4 Å². The van der Waals surface area contributed by atoms with E-state index in [0.717, 1.165) is 23.4 Å². The van der Waals surface area contributed by atoms with E-state index < -0.39 is 10.0 Å². The minimum atomic E-state index is -3.89. The molecule has 3 N–H and O–H groups in total. The van der Waals surface area contributed by atoms with Crippen LogP contribution in [0.1, 0.15) is 41.4 Å². The maximum Gasteiger partial charge on any atom is 0.256 e. The molecule has 1 aromatic carbocycles. The molecule has 3 aromatic rings. The predicted octanol–water partition coefficient (Wildman–Crippen LogP) is 2.86. The number of pyridine rings is 1. The number of aryl methyl sites for hydroxylation is 1. The maximum atomic E-state index is 13.4. The molecule has 4 heterocycles. The second-order valence-corrected chi connectivity index (χ2v) is 13.2. The summed E-state index contributed by atoms with van der Waals surface area (Å²) in [6.45, 7) is 5.83. The van der Waals surface area contributed by atoms with Crippen LogP contribution in [0.15, 0.2) is 35.2 Å². The topological polar surface area (TPSA) is 137 Å². The first-order valence-corrected chi connectivity index (χ1v) is 15.6. The van der Waals surface area contributed by atoms with Gasteiger partial charge in [0.25, 0.3) is 5.91 Å². The van der Waals surface area contributed by atoms with Crippen LogP contribution in [-0.4, -0.2) is 67.8 Å². The Balaban J connectivity index is 1.33. The van der Waals surface area contributed by atoms with Crippen molar-refractivity contribution in [2.45, 2.75) is 44.2 Å². The zero-order valence-electron chi connectivity index (χ0n) is 22.5. The van der Waals surface area contributed by atoms with Crippen molar-refractivity contribution in [1.82, 2.24) is 24.9 Å². The molecule has 1 unspecified atom stereocenters. The molecule has 11 nitrogen and oxygen atoms in total. The first-order chi connectivity index (χ1) is 19.2. The average molecular weight is 582 g/mol. The normalized spacial score (nSPS) is 18.3. The lowest BCUT2D eigenvalue weighted by Gasteiger charge is -2.26. The van der Waals surface area contributed by atoms with Gasteiger partial charge in [0.2, 0.25) is 15.9 Å². The van der Waals surface area contributed by atoms with Crippen molar-refractivity contribution < 1.29 is 18.0 Å². The third-order valence-electron chi connectivity index (χ3n) is 7.75. The summed E-state index contributed by atoms with van der Waals surface area (Å²) >= 11 is 1.38. The highest BCUT2D eigenvalue weighted by Crippen LogP contribution is 2.42. The standard InChI is InChI=1S/C27H31N7O4S2/c1-15-25(39-27(30-15)32-21-5-4-6-22(31-21)33-10-9-29-13-23(33)35)18-11-19-14-34(16(2)17-7-8-17)26(36)24(19)20(12-18)40(37,38)28-3/h4-6,11-12,16-17,28-29H,7-10,13-14H2,1-3H3,(H,30,31,32). The fraction of sp³-hybridized carbons (Fsp3) is 0.407. The Bertz CT molecular complexity index is 1620. The lowest BCUT2D eigenvalue weighted by atomic mass is 10.0. The fourth-order valence-electron chi connectivity index (χ4n) is 5.37. The Kier molecular flexibility index (Phi) is 6.85. The number of carbonyl (C=O) groups excluding carboxylic acids is 2. The Morgan fingerprint density at radius 2 is 1.98 bits per heavy atom. The summed E-state index contributed by atoms with van der Waals surface area (Å²) < 4.78 is 28.6. The third kappa shape index (κ3) is 4.87. The quantitative estimate of drug-likeness (QED) is 0.370. The van der Waals surface area contributed by atoms with Crippen molar-refractivity contribution in [3.63, 3.8) is 0 Å². The highest BCUT2D eigenvalue weighted by molar-refractivity contribution is 7.89. The van der Waals surface area contributed by atoms with Gasteiger partial charge in [-0.05, 0) is 75.0 Å². The fourth-order valence-corrected chi connectivity index (χ4v) is 7.32. The number of nitrogens with zero attached hydrogens (tertiary/aromatic N) is 4. The molecule has 1 saturated carbocycles. The van der Waals surface area contributed by atoms with Crippen LogP contribution in [0.3, 0.4) is 0 Å². The molecule has 1 aliphatic carbocycles. The summed E-state index contributed by atoms with van der Waals surface area (Å²) in [5.74, 6) is 1.33. The summed E-state index contributed by atoms with van der Waals surface area (Å²) in [7, 11) is -2.54. The van der Waals surface area contributed by atoms with Crippen molar-refractivity contribution in [2.24, 2.45) is 5.92 Å². The van der Waals surface area contributed by atoms with Gasteiger partial charge >= 0.3 is 0 Å². The van der Waals surface area contributed by atoms with Gasteiger partial charge in [-0.1, -0.05) is 17.4 Å². The van der Waals surface area contributed by atoms with Crippen LogP contribution in [0.25, 0.3) is 10.4 Å². The number of amides is 2. The van der Waals surface area contributed by atoms with Crippen molar-refractivity contribution in [2.75, 3.05) is 36.9 Å². The maximum absolute atomic E-state index is 13.4. The Morgan fingerprint density at radius 3 is 2.70 bits per heavy atom. The molecule has 2 amide bonds. The molecule has 13 heteroatoms. The predicted molar refractivity (Wildman–Crippen MR) is 153 cm³/mol. The number of nitrogens with one attached hydrogen (secondary N) is 3. The monoisotopic (exact) mass is 581 g/mol. The Labute approximate surface area is 237 Å². The van der Waals surface area contributed by atoms with E-state index in [1.165, 1.54) is 18.4 Å². The number of thiazole rings is 1. The molecule has 40 heavy (non-hydrogen) atoms. The SMILES string of the molecule is CNS(=O)(=O)c1cc(-c2sc(Nc3cccc(N4CCNCC4=O)n3)nc2C)cc2c1C(=O)N(C(C)C1CC1)C2. The number of sulfonamides is 1. The van der Waals surface area contributed by atoms with Crippen LogP contribution in [0.2, 0.25) is 0 Å². The average Bonchev–Trinajstić information content (AvgIpc) is 3.66. The van der Waals surface area contributed by atoms with Gasteiger partial charge < -0.3 is 15.5 Å². The summed E-state index contributed by atoms with van der Waals surface area (Å²) in [4.78, 5) is 39.3. The minimum Gasteiger partial charge on any atom is -0.331 e. The zero-order chi connectivity index (χ0) is 28.2. The first kappa shape index (κ1) is 26.8. The number of fused-ring (bicyclic) bond motifs is 1. The lowest BCUT2D eigenvalue weighted by Crippen LogP contribution is -2.48. The van der Waals surface area contributed by atoms with Gasteiger partial charge in [-0.2, -0.15) is 0 Å². The highest BCUT2D eigenvalue weighted by atomic mass is 32.2. The van der Waals surface area contributed by atoms with Crippen molar-refractivity contribution in [1.29, 1.82) is 0 Å². The molecule has 1 saturated heterocycles. The smallest absolute Gasteiger partial charge is 0.256 e. The number of carbonyl (C=O) groups is 2. The van der Waals surface area contributed by atoms with E-state index in [-0.39, 0.29) is 34.9 Å². The van der Waals surface area contributed by atoms with E-state index in [1.807, 2.05) is 26.0 Å². The third-order valence-corrected chi connectivity index (χ3v) is 10.3. The van der Waals surface area contributed by atoms with E-state index in [4.69, 9.17) is 0 Å². The van der Waals surface area contributed by atoms with Crippen LogP contribution in [0.5, 0.6) is 0 Å².